The largest absolute Gasteiger partial charge is 0.482 e. The number of amides is 1. The molecule has 0 aliphatic heterocycles. The molecule has 1 amide bonds. The number of carbonyl (C=O) groups excluding carboxylic acids is 1. The Hall–Kier alpha value is -2.27. The van der Waals surface area contributed by atoms with E-state index in [2.05, 4.69) is 5.32 Å². The maximum atomic E-state index is 13.0. The van der Waals surface area contributed by atoms with E-state index < -0.39 is 11.7 Å². The van der Waals surface area contributed by atoms with E-state index in [1.54, 1.807) is 24.3 Å². The van der Waals surface area contributed by atoms with E-state index >= 15 is 0 Å². The average Bonchev–Trinajstić information content (AvgIpc) is 2.42. The van der Waals surface area contributed by atoms with Crippen LogP contribution < -0.4 is 15.8 Å². The van der Waals surface area contributed by atoms with Gasteiger partial charge in [-0.25, -0.2) is 4.39 Å². The number of anilines is 2. The normalized spacial score (nSPS) is 10.1. The maximum Gasteiger partial charge on any atom is 0.262 e. The minimum absolute atomic E-state index is 0.206. The fourth-order valence-corrected chi connectivity index (χ4v) is 1.72. The summed E-state index contributed by atoms with van der Waals surface area (Å²) in [6, 6.07) is 10.5. The molecule has 0 saturated carbocycles. The second kappa shape index (κ2) is 6.25. The van der Waals surface area contributed by atoms with E-state index in [9.17, 15) is 9.18 Å². The van der Waals surface area contributed by atoms with Crippen molar-refractivity contribution in [3.05, 3.63) is 53.3 Å². The summed E-state index contributed by atoms with van der Waals surface area (Å²) in [5.41, 5.74) is 6.11. The molecule has 0 radical (unpaired) electrons. The topological polar surface area (TPSA) is 64.3 Å². The van der Waals surface area contributed by atoms with E-state index in [0.717, 1.165) is 6.07 Å². The van der Waals surface area contributed by atoms with Gasteiger partial charge >= 0.3 is 0 Å². The summed E-state index contributed by atoms with van der Waals surface area (Å²) in [6.07, 6.45) is 0. The average molecular weight is 295 g/mol. The van der Waals surface area contributed by atoms with Gasteiger partial charge in [0.2, 0.25) is 0 Å². The molecule has 0 unspecified atom stereocenters. The molecule has 4 nitrogen and oxygen atoms in total. The Morgan fingerprint density at radius 1 is 1.30 bits per heavy atom. The number of benzene rings is 2. The Labute approximate surface area is 120 Å². The van der Waals surface area contributed by atoms with Crippen LogP contribution in [0.15, 0.2) is 42.5 Å². The second-order valence-corrected chi connectivity index (χ2v) is 4.41. The van der Waals surface area contributed by atoms with E-state index in [4.69, 9.17) is 22.1 Å². The molecule has 0 bridgehead atoms. The molecule has 6 heteroatoms. The van der Waals surface area contributed by atoms with Crippen molar-refractivity contribution in [2.75, 3.05) is 17.7 Å². The van der Waals surface area contributed by atoms with Crippen LogP contribution in [-0.2, 0) is 4.79 Å². The van der Waals surface area contributed by atoms with Crippen LogP contribution in [0.1, 0.15) is 0 Å². The molecule has 0 saturated heterocycles. The van der Waals surface area contributed by atoms with Crippen LogP contribution in [0.5, 0.6) is 5.75 Å². The van der Waals surface area contributed by atoms with Gasteiger partial charge < -0.3 is 15.8 Å². The van der Waals surface area contributed by atoms with Crippen molar-refractivity contribution in [3.63, 3.8) is 0 Å². The lowest BCUT2D eigenvalue weighted by atomic mass is 10.2. The number of rotatable bonds is 4. The predicted molar refractivity (Wildman–Crippen MR) is 76.4 cm³/mol. The zero-order chi connectivity index (χ0) is 14.5. The van der Waals surface area contributed by atoms with Crippen molar-refractivity contribution in [2.45, 2.75) is 0 Å². The predicted octanol–water partition coefficient (Wildman–Crippen LogP) is 3.08. The van der Waals surface area contributed by atoms with E-state index in [1.807, 2.05) is 0 Å². The van der Waals surface area contributed by atoms with Crippen LogP contribution in [0.25, 0.3) is 0 Å². The van der Waals surface area contributed by atoms with Crippen LogP contribution in [0.2, 0.25) is 5.02 Å². The number of nitrogen functional groups attached to an aromatic ring is 1. The number of ether oxygens (including phenoxy) is 1. The highest BCUT2D eigenvalue weighted by molar-refractivity contribution is 6.32. The van der Waals surface area contributed by atoms with Crippen molar-refractivity contribution >= 4 is 28.9 Å². The van der Waals surface area contributed by atoms with Crippen molar-refractivity contribution in [1.82, 2.24) is 0 Å². The van der Waals surface area contributed by atoms with E-state index in [-0.39, 0.29) is 18.0 Å². The van der Waals surface area contributed by atoms with Gasteiger partial charge in [0.25, 0.3) is 5.91 Å². The molecule has 0 fully saturated rings. The summed E-state index contributed by atoms with van der Waals surface area (Å²) in [5, 5.41) is 2.88. The molecule has 104 valence electrons. The van der Waals surface area contributed by atoms with Gasteiger partial charge in [0, 0.05) is 0 Å². The lowest BCUT2D eigenvalue weighted by molar-refractivity contribution is -0.118. The van der Waals surface area contributed by atoms with Gasteiger partial charge in [-0.2, -0.15) is 0 Å². The summed E-state index contributed by atoms with van der Waals surface area (Å²) < 4.78 is 18.3. The molecule has 0 atom stereocenters. The monoisotopic (exact) mass is 294 g/mol. The van der Waals surface area contributed by atoms with Crippen LogP contribution in [0.3, 0.4) is 0 Å². The standard InChI is InChI=1S/C14H12ClFN2O2/c15-10-3-1-2-4-13(10)20-8-14(19)18-12-7-9(16)5-6-11(12)17/h1-7H,8,17H2,(H,18,19). The summed E-state index contributed by atoms with van der Waals surface area (Å²) in [4.78, 5) is 11.7. The second-order valence-electron chi connectivity index (χ2n) is 4.00. The Morgan fingerprint density at radius 3 is 2.80 bits per heavy atom. The number of halogens is 2. The molecule has 2 rings (SSSR count). The molecular weight excluding hydrogens is 283 g/mol. The molecule has 2 aromatic rings. The Balaban J connectivity index is 1.96. The summed E-state index contributed by atoms with van der Waals surface area (Å²) in [5.74, 6) is -0.541. The quantitative estimate of drug-likeness (QED) is 0.852. The van der Waals surface area contributed by atoms with Gasteiger partial charge in [-0.05, 0) is 30.3 Å². The van der Waals surface area contributed by atoms with Crippen LogP contribution in [0.4, 0.5) is 15.8 Å². The zero-order valence-electron chi connectivity index (χ0n) is 10.4. The first-order chi connectivity index (χ1) is 9.56. The molecule has 20 heavy (non-hydrogen) atoms. The lowest BCUT2D eigenvalue weighted by Gasteiger charge is -2.10. The first kappa shape index (κ1) is 14.1. The third-order valence-corrected chi connectivity index (χ3v) is 2.80. The van der Waals surface area contributed by atoms with Crippen LogP contribution in [0, 0.1) is 5.82 Å². The van der Waals surface area contributed by atoms with Crippen molar-refractivity contribution < 1.29 is 13.9 Å². The molecule has 0 aromatic heterocycles. The highest BCUT2D eigenvalue weighted by Gasteiger charge is 2.08. The number of hydrogen-bond donors (Lipinski definition) is 2. The number of para-hydroxylation sites is 1. The Morgan fingerprint density at radius 2 is 2.05 bits per heavy atom. The molecule has 0 heterocycles. The summed E-state index contributed by atoms with van der Waals surface area (Å²) >= 11 is 5.89. The smallest absolute Gasteiger partial charge is 0.262 e. The maximum absolute atomic E-state index is 13.0. The Kier molecular flexibility index (Phi) is 4.42. The molecule has 0 aliphatic rings. The summed E-state index contributed by atoms with van der Waals surface area (Å²) in [7, 11) is 0. The van der Waals surface area contributed by atoms with Gasteiger partial charge in [-0.1, -0.05) is 23.7 Å². The molecule has 2 aromatic carbocycles. The van der Waals surface area contributed by atoms with Crippen molar-refractivity contribution in [2.24, 2.45) is 0 Å². The van der Waals surface area contributed by atoms with Gasteiger partial charge in [0.15, 0.2) is 6.61 Å². The summed E-state index contributed by atoms with van der Waals surface area (Å²) in [6.45, 7) is -0.250. The SMILES string of the molecule is Nc1ccc(F)cc1NC(=O)COc1ccccc1Cl. The fourth-order valence-electron chi connectivity index (χ4n) is 1.53. The van der Waals surface area contributed by atoms with Gasteiger partial charge in [0.05, 0.1) is 16.4 Å². The third kappa shape index (κ3) is 3.61. The van der Waals surface area contributed by atoms with Gasteiger partial charge in [-0.3, -0.25) is 4.79 Å². The van der Waals surface area contributed by atoms with E-state index in [0.29, 0.717) is 10.8 Å². The lowest BCUT2D eigenvalue weighted by Crippen LogP contribution is -2.21. The third-order valence-electron chi connectivity index (χ3n) is 2.48. The highest BCUT2D eigenvalue weighted by Crippen LogP contribution is 2.23. The molecule has 0 aliphatic carbocycles. The van der Waals surface area contributed by atoms with Crippen LogP contribution >= 0.6 is 11.6 Å². The molecule has 3 N–H and O–H groups in total. The van der Waals surface area contributed by atoms with Gasteiger partial charge in [-0.15, -0.1) is 0 Å². The van der Waals surface area contributed by atoms with Gasteiger partial charge in [0.1, 0.15) is 11.6 Å². The number of carbonyl (C=O) groups is 1. The van der Waals surface area contributed by atoms with E-state index in [1.165, 1.54) is 12.1 Å². The Bertz CT molecular complexity index is 634. The molecular formula is C14H12ClFN2O2. The minimum Gasteiger partial charge on any atom is -0.482 e. The van der Waals surface area contributed by atoms with Crippen molar-refractivity contribution in [3.8, 4) is 5.75 Å². The fraction of sp³-hybridized carbons (Fsp3) is 0.0714. The first-order valence-electron chi connectivity index (χ1n) is 5.78. The highest BCUT2D eigenvalue weighted by atomic mass is 35.5. The number of hydrogen-bond acceptors (Lipinski definition) is 3. The molecule has 0 spiro atoms. The first-order valence-corrected chi connectivity index (χ1v) is 6.16. The minimum atomic E-state index is -0.485. The number of nitrogens with two attached hydrogens (primary N) is 1. The van der Waals surface area contributed by atoms with Crippen LogP contribution in [-0.4, -0.2) is 12.5 Å². The van der Waals surface area contributed by atoms with Crippen molar-refractivity contribution in [1.29, 1.82) is 0 Å². The number of nitrogens with one attached hydrogen (secondary N) is 1. The zero-order valence-corrected chi connectivity index (χ0v) is 11.2.